The summed E-state index contributed by atoms with van der Waals surface area (Å²) in [5.41, 5.74) is 2.72. The minimum atomic E-state index is 0.497. The number of anilines is 1. The summed E-state index contributed by atoms with van der Waals surface area (Å²) in [6.07, 6.45) is 2.33. The Balaban J connectivity index is 2.53. The Kier molecular flexibility index (Phi) is 3.89. The molecular formula is C13H17N5O. The Bertz CT molecular complexity index is 585. The first-order valence-corrected chi connectivity index (χ1v) is 6.11. The fourth-order valence-electron chi connectivity index (χ4n) is 1.91. The maximum atomic E-state index is 5.09. The van der Waals surface area contributed by atoms with Crippen LogP contribution in [-0.2, 0) is 6.42 Å². The van der Waals surface area contributed by atoms with Crippen LogP contribution in [0.5, 0.6) is 5.88 Å². The van der Waals surface area contributed by atoms with Crippen molar-refractivity contribution in [1.82, 2.24) is 19.9 Å². The summed E-state index contributed by atoms with van der Waals surface area (Å²) in [4.78, 5) is 17.2. The molecule has 0 bridgehead atoms. The zero-order chi connectivity index (χ0) is 13.8. The lowest BCUT2D eigenvalue weighted by Crippen LogP contribution is -2.05. The highest BCUT2D eigenvalue weighted by molar-refractivity contribution is 5.57. The van der Waals surface area contributed by atoms with Crippen molar-refractivity contribution in [1.29, 1.82) is 0 Å². The Morgan fingerprint density at radius 1 is 1.26 bits per heavy atom. The number of aryl methyl sites for hydroxylation is 1. The number of rotatable bonds is 4. The van der Waals surface area contributed by atoms with E-state index in [2.05, 4.69) is 32.2 Å². The third-order valence-electron chi connectivity index (χ3n) is 2.88. The van der Waals surface area contributed by atoms with E-state index in [9.17, 15) is 0 Å². The molecule has 0 aliphatic rings. The van der Waals surface area contributed by atoms with Gasteiger partial charge in [0.05, 0.1) is 7.11 Å². The van der Waals surface area contributed by atoms with Gasteiger partial charge in [-0.1, -0.05) is 6.92 Å². The van der Waals surface area contributed by atoms with Crippen molar-refractivity contribution in [3.05, 3.63) is 23.7 Å². The molecule has 1 N–H and O–H groups in total. The molecule has 2 rings (SSSR count). The van der Waals surface area contributed by atoms with Crippen LogP contribution in [0.25, 0.3) is 11.5 Å². The van der Waals surface area contributed by atoms with E-state index in [1.54, 1.807) is 13.2 Å². The molecule has 0 amide bonds. The van der Waals surface area contributed by atoms with Crippen molar-refractivity contribution in [2.24, 2.45) is 0 Å². The van der Waals surface area contributed by atoms with Gasteiger partial charge in [-0.3, -0.25) is 0 Å². The molecule has 6 nitrogen and oxygen atoms in total. The van der Waals surface area contributed by atoms with Gasteiger partial charge in [0.2, 0.25) is 5.88 Å². The van der Waals surface area contributed by atoms with E-state index in [-0.39, 0.29) is 0 Å². The van der Waals surface area contributed by atoms with E-state index in [0.29, 0.717) is 17.4 Å². The zero-order valence-electron chi connectivity index (χ0n) is 11.6. The van der Waals surface area contributed by atoms with Gasteiger partial charge < -0.3 is 10.1 Å². The van der Waals surface area contributed by atoms with Gasteiger partial charge in [0.1, 0.15) is 17.8 Å². The average Bonchev–Trinajstić information content (AvgIpc) is 2.46. The molecule has 2 aromatic heterocycles. The van der Waals surface area contributed by atoms with Crippen molar-refractivity contribution in [3.63, 3.8) is 0 Å². The van der Waals surface area contributed by atoms with Crippen LogP contribution in [0, 0.1) is 6.92 Å². The Hall–Kier alpha value is -2.24. The quantitative estimate of drug-likeness (QED) is 0.903. The van der Waals surface area contributed by atoms with E-state index >= 15 is 0 Å². The molecule has 2 aromatic rings. The largest absolute Gasteiger partial charge is 0.481 e. The lowest BCUT2D eigenvalue weighted by molar-refractivity contribution is 0.397. The first-order chi connectivity index (χ1) is 9.19. The summed E-state index contributed by atoms with van der Waals surface area (Å²) in [6.45, 7) is 4.06. The van der Waals surface area contributed by atoms with Crippen molar-refractivity contribution in [2.75, 3.05) is 19.5 Å². The van der Waals surface area contributed by atoms with Gasteiger partial charge in [-0.05, 0) is 13.3 Å². The first-order valence-electron chi connectivity index (χ1n) is 6.11. The van der Waals surface area contributed by atoms with Crippen molar-refractivity contribution in [2.45, 2.75) is 20.3 Å². The smallest absolute Gasteiger partial charge is 0.216 e. The van der Waals surface area contributed by atoms with Crippen LogP contribution in [0.1, 0.15) is 18.2 Å². The fourth-order valence-corrected chi connectivity index (χ4v) is 1.91. The number of hydrogen-bond donors (Lipinski definition) is 1. The molecule has 0 spiro atoms. The molecule has 0 saturated heterocycles. The normalized spacial score (nSPS) is 10.3. The van der Waals surface area contributed by atoms with Crippen LogP contribution < -0.4 is 10.1 Å². The van der Waals surface area contributed by atoms with Gasteiger partial charge in [-0.2, -0.15) is 0 Å². The molecule has 0 aromatic carbocycles. The predicted octanol–water partition coefficient (Wildman–Crippen LogP) is 1.85. The number of methoxy groups -OCH3 is 1. The highest BCUT2D eigenvalue weighted by atomic mass is 16.5. The van der Waals surface area contributed by atoms with Gasteiger partial charge in [-0.15, -0.1) is 0 Å². The van der Waals surface area contributed by atoms with E-state index in [1.807, 2.05) is 14.0 Å². The summed E-state index contributed by atoms with van der Waals surface area (Å²) < 4.78 is 5.09. The minimum Gasteiger partial charge on any atom is -0.481 e. The Morgan fingerprint density at radius 3 is 2.68 bits per heavy atom. The van der Waals surface area contributed by atoms with Crippen LogP contribution in [0.4, 0.5) is 5.82 Å². The van der Waals surface area contributed by atoms with E-state index in [4.69, 9.17) is 4.74 Å². The number of nitrogens with zero attached hydrogens (tertiary/aromatic N) is 4. The number of hydrogen-bond acceptors (Lipinski definition) is 6. The van der Waals surface area contributed by atoms with Crippen molar-refractivity contribution in [3.8, 4) is 17.4 Å². The average molecular weight is 259 g/mol. The van der Waals surface area contributed by atoms with Crippen LogP contribution in [0.2, 0.25) is 0 Å². The molecule has 100 valence electrons. The second-order valence-electron chi connectivity index (χ2n) is 4.01. The van der Waals surface area contributed by atoms with E-state index in [0.717, 1.165) is 23.5 Å². The molecule has 0 aliphatic heterocycles. The SMILES string of the molecule is CCc1c(C)nc(-c2cc(OC)ncn2)nc1NC. The lowest BCUT2D eigenvalue weighted by Gasteiger charge is -2.11. The fraction of sp³-hybridized carbons (Fsp3) is 0.385. The highest BCUT2D eigenvalue weighted by Crippen LogP contribution is 2.22. The Morgan fingerprint density at radius 2 is 2.05 bits per heavy atom. The van der Waals surface area contributed by atoms with Crippen molar-refractivity contribution < 1.29 is 4.74 Å². The third kappa shape index (κ3) is 2.62. The standard InChI is InChI=1S/C13H17N5O/c1-5-9-8(2)17-13(18-12(9)14-3)10-6-11(19-4)16-7-15-10/h6-7H,5H2,1-4H3,(H,14,17,18). The molecule has 0 fully saturated rings. The first kappa shape index (κ1) is 13.2. The second kappa shape index (κ2) is 5.60. The Labute approximate surface area is 112 Å². The van der Waals surface area contributed by atoms with Gasteiger partial charge in [-0.25, -0.2) is 19.9 Å². The third-order valence-corrected chi connectivity index (χ3v) is 2.88. The molecule has 0 atom stereocenters. The molecular weight excluding hydrogens is 242 g/mol. The lowest BCUT2D eigenvalue weighted by atomic mass is 10.1. The predicted molar refractivity (Wildman–Crippen MR) is 73.3 cm³/mol. The van der Waals surface area contributed by atoms with Gasteiger partial charge in [0.15, 0.2) is 5.82 Å². The monoisotopic (exact) mass is 259 g/mol. The second-order valence-corrected chi connectivity index (χ2v) is 4.01. The summed E-state index contributed by atoms with van der Waals surface area (Å²) in [6, 6.07) is 1.72. The summed E-state index contributed by atoms with van der Waals surface area (Å²) in [5.74, 6) is 1.90. The topological polar surface area (TPSA) is 72.8 Å². The summed E-state index contributed by atoms with van der Waals surface area (Å²) >= 11 is 0. The molecule has 19 heavy (non-hydrogen) atoms. The zero-order valence-corrected chi connectivity index (χ0v) is 11.6. The van der Waals surface area contributed by atoms with Crippen LogP contribution in [0.3, 0.4) is 0 Å². The number of ether oxygens (including phenoxy) is 1. The number of aromatic nitrogens is 4. The minimum absolute atomic E-state index is 0.497. The van der Waals surface area contributed by atoms with Gasteiger partial charge in [0, 0.05) is 24.4 Å². The molecule has 2 heterocycles. The van der Waals surface area contributed by atoms with Crippen LogP contribution in [-0.4, -0.2) is 34.1 Å². The number of nitrogens with one attached hydrogen (secondary N) is 1. The molecule has 0 aliphatic carbocycles. The van der Waals surface area contributed by atoms with Gasteiger partial charge >= 0.3 is 0 Å². The van der Waals surface area contributed by atoms with Gasteiger partial charge in [0.25, 0.3) is 0 Å². The summed E-state index contributed by atoms with van der Waals surface area (Å²) in [7, 11) is 3.42. The maximum absolute atomic E-state index is 5.09. The maximum Gasteiger partial charge on any atom is 0.216 e. The molecule has 6 heteroatoms. The summed E-state index contributed by atoms with van der Waals surface area (Å²) in [5, 5.41) is 3.10. The van der Waals surface area contributed by atoms with Crippen LogP contribution >= 0.6 is 0 Å². The molecule has 0 unspecified atom stereocenters. The van der Waals surface area contributed by atoms with Crippen LogP contribution in [0.15, 0.2) is 12.4 Å². The van der Waals surface area contributed by atoms with E-state index in [1.165, 1.54) is 6.33 Å². The molecule has 0 radical (unpaired) electrons. The van der Waals surface area contributed by atoms with Crippen molar-refractivity contribution >= 4 is 5.82 Å². The van der Waals surface area contributed by atoms with E-state index < -0.39 is 0 Å². The molecule has 0 saturated carbocycles. The highest BCUT2D eigenvalue weighted by Gasteiger charge is 2.12.